The van der Waals surface area contributed by atoms with Gasteiger partial charge >= 0.3 is 0 Å². The van der Waals surface area contributed by atoms with Crippen molar-refractivity contribution < 1.29 is 4.79 Å². The second-order valence-electron chi connectivity index (χ2n) is 10.1. The van der Waals surface area contributed by atoms with E-state index in [-0.39, 0.29) is 11.9 Å². The van der Waals surface area contributed by atoms with Crippen LogP contribution in [-0.2, 0) is 17.0 Å². The lowest BCUT2D eigenvalue weighted by Gasteiger charge is -2.20. The van der Waals surface area contributed by atoms with Crippen LogP contribution in [0.15, 0.2) is 90.1 Å². The first kappa shape index (κ1) is 28.6. The van der Waals surface area contributed by atoms with E-state index in [1.54, 1.807) is 11.8 Å². The minimum Gasteiger partial charge on any atom is -0.346 e. The molecule has 6 heteroatoms. The molecule has 4 aromatic rings. The van der Waals surface area contributed by atoms with Crippen molar-refractivity contribution in [3.63, 3.8) is 0 Å². The Morgan fingerprint density at radius 1 is 0.821 bits per heavy atom. The lowest BCUT2D eigenvalue weighted by molar-refractivity contribution is -0.122. The first-order valence-electron chi connectivity index (χ1n) is 14.2. The van der Waals surface area contributed by atoms with Gasteiger partial charge in [-0.05, 0) is 43.0 Å². The number of nitrogens with zero attached hydrogens (tertiary/aromatic N) is 3. The number of thioether (sulfide) groups is 1. The number of benzene rings is 3. The lowest BCUT2D eigenvalue weighted by Crippen LogP contribution is -2.31. The molecule has 0 aliphatic carbocycles. The van der Waals surface area contributed by atoms with Gasteiger partial charge in [-0.1, -0.05) is 129 Å². The summed E-state index contributed by atoms with van der Waals surface area (Å²) in [4.78, 5) is 13.1. The van der Waals surface area contributed by atoms with Crippen molar-refractivity contribution in [2.45, 2.75) is 82.2 Å². The highest BCUT2D eigenvalue weighted by Gasteiger charge is 2.25. The molecule has 1 heterocycles. The standard InChI is InChI=1S/C33H40N4OS/c1-3-4-5-6-7-14-19-31(38)34-30(24-27-15-10-8-11-16-27)32-35-36-33(39-25-28-17-12-9-13-18-28)37(32)29-22-20-26(2)21-23-29/h8-13,15-18,20-23,30H,3-7,14,19,24-25H2,1-2H3,(H,34,38). The summed E-state index contributed by atoms with van der Waals surface area (Å²) in [6, 6.07) is 28.8. The lowest BCUT2D eigenvalue weighted by atomic mass is 10.0. The van der Waals surface area contributed by atoms with Crippen molar-refractivity contribution in [3.8, 4) is 5.69 Å². The fourth-order valence-corrected chi connectivity index (χ4v) is 5.56. The van der Waals surface area contributed by atoms with Gasteiger partial charge in [0, 0.05) is 17.9 Å². The molecule has 4 rings (SSSR count). The molecule has 0 aliphatic rings. The number of hydrogen-bond donors (Lipinski definition) is 1. The molecule has 5 nitrogen and oxygen atoms in total. The molecule has 0 radical (unpaired) electrons. The average molecular weight is 541 g/mol. The number of aryl methyl sites for hydroxylation is 1. The van der Waals surface area contributed by atoms with E-state index in [1.807, 2.05) is 24.3 Å². The van der Waals surface area contributed by atoms with Crippen molar-refractivity contribution in [1.82, 2.24) is 20.1 Å². The first-order valence-corrected chi connectivity index (χ1v) is 15.1. The number of aromatic nitrogens is 3. The monoisotopic (exact) mass is 540 g/mol. The highest BCUT2D eigenvalue weighted by Crippen LogP contribution is 2.29. The Kier molecular flexibility index (Phi) is 11.2. The number of rotatable bonds is 15. The number of hydrogen-bond acceptors (Lipinski definition) is 4. The maximum Gasteiger partial charge on any atom is 0.220 e. The van der Waals surface area contributed by atoms with Crippen molar-refractivity contribution in [1.29, 1.82) is 0 Å². The zero-order chi connectivity index (χ0) is 27.3. The largest absolute Gasteiger partial charge is 0.346 e. The number of amides is 1. The van der Waals surface area contributed by atoms with E-state index >= 15 is 0 Å². The van der Waals surface area contributed by atoms with Crippen LogP contribution in [0, 0.1) is 6.92 Å². The summed E-state index contributed by atoms with van der Waals surface area (Å²) in [6.45, 7) is 4.31. The van der Waals surface area contributed by atoms with Gasteiger partial charge in [0.2, 0.25) is 5.91 Å². The smallest absolute Gasteiger partial charge is 0.220 e. The molecule has 1 unspecified atom stereocenters. The summed E-state index contributed by atoms with van der Waals surface area (Å²) < 4.78 is 2.12. The van der Waals surface area contributed by atoms with Crippen LogP contribution >= 0.6 is 11.8 Å². The van der Waals surface area contributed by atoms with Crippen LogP contribution in [0.5, 0.6) is 0 Å². The van der Waals surface area contributed by atoms with Crippen molar-refractivity contribution >= 4 is 17.7 Å². The molecule has 1 N–H and O–H groups in total. The Hall–Kier alpha value is -3.38. The van der Waals surface area contributed by atoms with Crippen LogP contribution < -0.4 is 5.32 Å². The van der Waals surface area contributed by atoms with Gasteiger partial charge in [-0.15, -0.1) is 10.2 Å². The van der Waals surface area contributed by atoms with E-state index in [1.165, 1.54) is 36.8 Å². The molecular formula is C33H40N4OS. The minimum absolute atomic E-state index is 0.0726. The van der Waals surface area contributed by atoms with Gasteiger partial charge in [-0.2, -0.15) is 0 Å². The maximum atomic E-state index is 13.1. The van der Waals surface area contributed by atoms with Crippen LogP contribution in [0.1, 0.15) is 80.4 Å². The molecule has 1 amide bonds. The van der Waals surface area contributed by atoms with Crippen molar-refractivity contribution in [3.05, 3.63) is 107 Å². The van der Waals surface area contributed by atoms with E-state index in [0.29, 0.717) is 12.8 Å². The Morgan fingerprint density at radius 2 is 1.46 bits per heavy atom. The second-order valence-corrected chi connectivity index (χ2v) is 11.1. The maximum absolute atomic E-state index is 13.1. The highest BCUT2D eigenvalue weighted by atomic mass is 32.2. The van der Waals surface area contributed by atoms with E-state index in [9.17, 15) is 4.79 Å². The Morgan fingerprint density at radius 3 is 2.15 bits per heavy atom. The summed E-state index contributed by atoms with van der Waals surface area (Å²) in [6.07, 6.45) is 8.13. The van der Waals surface area contributed by atoms with Gasteiger partial charge in [0.1, 0.15) is 0 Å². The van der Waals surface area contributed by atoms with E-state index < -0.39 is 0 Å². The molecule has 3 aromatic carbocycles. The molecule has 0 bridgehead atoms. The van der Waals surface area contributed by atoms with E-state index in [2.05, 4.69) is 94.6 Å². The van der Waals surface area contributed by atoms with Crippen LogP contribution in [0.4, 0.5) is 0 Å². The molecule has 0 aliphatic heterocycles. The molecular weight excluding hydrogens is 500 g/mol. The summed E-state index contributed by atoms with van der Waals surface area (Å²) in [5.41, 5.74) is 4.58. The fourth-order valence-electron chi connectivity index (χ4n) is 4.65. The number of carbonyl (C=O) groups excluding carboxylic acids is 1. The van der Waals surface area contributed by atoms with E-state index in [4.69, 9.17) is 0 Å². The van der Waals surface area contributed by atoms with Crippen molar-refractivity contribution in [2.24, 2.45) is 0 Å². The van der Waals surface area contributed by atoms with Crippen molar-refractivity contribution in [2.75, 3.05) is 0 Å². The number of carbonyl (C=O) groups is 1. The highest BCUT2D eigenvalue weighted by molar-refractivity contribution is 7.98. The summed E-state index contributed by atoms with van der Waals surface area (Å²) in [5.74, 6) is 1.62. The molecule has 0 saturated carbocycles. The third-order valence-corrected chi connectivity index (χ3v) is 7.85. The topological polar surface area (TPSA) is 59.8 Å². The Labute approximate surface area is 237 Å². The van der Waals surface area contributed by atoms with Gasteiger partial charge in [-0.3, -0.25) is 9.36 Å². The summed E-state index contributed by atoms with van der Waals surface area (Å²) in [7, 11) is 0. The SMILES string of the molecule is CCCCCCCCC(=O)NC(Cc1ccccc1)c1nnc(SCc2ccccc2)n1-c1ccc(C)cc1. The normalized spacial score (nSPS) is 11.8. The average Bonchev–Trinajstić information content (AvgIpc) is 3.39. The minimum atomic E-state index is -0.292. The Bertz CT molecular complexity index is 1270. The molecule has 0 saturated heterocycles. The molecule has 1 aromatic heterocycles. The van der Waals surface area contributed by atoms with Crippen LogP contribution in [0.25, 0.3) is 5.69 Å². The molecule has 0 fully saturated rings. The molecule has 1 atom stereocenters. The third kappa shape index (κ3) is 8.82. The predicted molar refractivity (Wildman–Crippen MR) is 161 cm³/mol. The first-order chi connectivity index (χ1) is 19.1. The molecule has 204 valence electrons. The molecule has 39 heavy (non-hydrogen) atoms. The van der Waals surface area contributed by atoms with Crippen LogP contribution in [0.2, 0.25) is 0 Å². The summed E-state index contributed by atoms with van der Waals surface area (Å²) in [5, 5.41) is 13.5. The zero-order valence-corrected chi connectivity index (χ0v) is 24.0. The van der Waals surface area contributed by atoms with Gasteiger partial charge in [0.25, 0.3) is 0 Å². The van der Waals surface area contributed by atoms with Gasteiger partial charge < -0.3 is 5.32 Å². The van der Waals surface area contributed by atoms with Crippen LogP contribution in [0.3, 0.4) is 0 Å². The number of nitrogens with one attached hydrogen (secondary N) is 1. The predicted octanol–water partition coefficient (Wildman–Crippen LogP) is 8.02. The fraction of sp³-hybridized carbons (Fsp3) is 0.364. The van der Waals surface area contributed by atoms with Gasteiger partial charge in [0.05, 0.1) is 6.04 Å². The second kappa shape index (κ2) is 15.3. The van der Waals surface area contributed by atoms with Gasteiger partial charge in [0.15, 0.2) is 11.0 Å². The zero-order valence-electron chi connectivity index (χ0n) is 23.2. The third-order valence-electron chi connectivity index (χ3n) is 6.85. The summed E-state index contributed by atoms with van der Waals surface area (Å²) >= 11 is 1.66. The number of unbranched alkanes of at least 4 members (excludes halogenated alkanes) is 5. The quantitative estimate of drug-likeness (QED) is 0.122. The molecule has 0 spiro atoms. The van der Waals surface area contributed by atoms with Crippen LogP contribution in [-0.4, -0.2) is 20.7 Å². The Balaban J connectivity index is 1.59. The van der Waals surface area contributed by atoms with E-state index in [0.717, 1.165) is 40.8 Å². The van der Waals surface area contributed by atoms with Gasteiger partial charge in [-0.25, -0.2) is 0 Å².